The minimum absolute atomic E-state index is 0.0547. The number of H-pyrrole nitrogens is 1. The number of anilines is 1. The number of hydrogen-bond acceptors (Lipinski definition) is 3. The third-order valence-corrected chi connectivity index (χ3v) is 4.59. The average molecular weight is 359 g/mol. The number of nitrogens with zero attached hydrogens (tertiary/aromatic N) is 3. The Morgan fingerprint density at radius 2 is 1.89 bits per heavy atom. The standard InChI is InChI=1S/C21H21N5O/c1-3-16(15-9-5-4-6-10-15)20(27)24-19-13-14(2)25-26(19)21-22-17-11-7-8-12-18(17)23-21/h4-13,16H,3H2,1-2H3,(H,22,23)(H,24,27). The smallest absolute Gasteiger partial charge is 0.233 e. The van der Waals surface area contributed by atoms with Gasteiger partial charge in [0.15, 0.2) is 0 Å². The molecule has 2 N–H and O–H groups in total. The summed E-state index contributed by atoms with van der Waals surface area (Å²) >= 11 is 0. The lowest BCUT2D eigenvalue weighted by molar-refractivity contribution is -0.117. The number of para-hydroxylation sites is 2. The zero-order chi connectivity index (χ0) is 18.8. The van der Waals surface area contributed by atoms with E-state index in [1.807, 2.05) is 74.5 Å². The van der Waals surface area contributed by atoms with Crippen LogP contribution in [0.1, 0.15) is 30.5 Å². The summed E-state index contributed by atoms with van der Waals surface area (Å²) < 4.78 is 1.64. The van der Waals surface area contributed by atoms with Crippen molar-refractivity contribution >= 4 is 22.8 Å². The first kappa shape index (κ1) is 17.0. The van der Waals surface area contributed by atoms with Crippen LogP contribution in [0, 0.1) is 6.92 Å². The maximum atomic E-state index is 12.9. The van der Waals surface area contributed by atoms with Crippen LogP contribution in [-0.2, 0) is 4.79 Å². The molecule has 0 aliphatic carbocycles. The van der Waals surface area contributed by atoms with E-state index in [2.05, 4.69) is 20.4 Å². The average Bonchev–Trinajstić information content (AvgIpc) is 3.26. The topological polar surface area (TPSA) is 75.6 Å². The Kier molecular flexibility index (Phi) is 4.46. The van der Waals surface area contributed by atoms with Crippen molar-refractivity contribution in [3.05, 3.63) is 71.9 Å². The van der Waals surface area contributed by atoms with Gasteiger partial charge in [0.25, 0.3) is 0 Å². The lowest BCUT2D eigenvalue weighted by Gasteiger charge is -2.15. The van der Waals surface area contributed by atoms with Crippen molar-refractivity contribution in [1.82, 2.24) is 19.7 Å². The summed E-state index contributed by atoms with van der Waals surface area (Å²) in [6, 6.07) is 19.5. The number of carbonyl (C=O) groups is 1. The molecule has 1 amide bonds. The first-order chi connectivity index (χ1) is 13.2. The van der Waals surface area contributed by atoms with Crippen molar-refractivity contribution in [2.24, 2.45) is 0 Å². The molecule has 27 heavy (non-hydrogen) atoms. The summed E-state index contributed by atoms with van der Waals surface area (Å²) in [5, 5.41) is 7.52. The molecule has 0 saturated heterocycles. The molecule has 136 valence electrons. The van der Waals surface area contributed by atoms with E-state index in [9.17, 15) is 4.79 Å². The van der Waals surface area contributed by atoms with Gasteiger partial charge in [-0.15, -0.1) is 0 Å². The van der Waals surface area contributed by atoms with Crippen LogP contribution in [0.2, 0.25) is 0 Å². The van der Waals surface area contributed by atoms with E-state index in [4.69, 9.17) is 0 Å². The fraction of sp³-hybridized carbons (Fsp3) is 0.190. The van der Waals surface area contributed by atoms with Gasteiger partial charge in [0.2, 0.25) is 11.9 Å². The zero-order valence-corrected chi connectivity index (χ0v) is 15.3. The van der Waals surface area contributed by atoms with Crippen LogP contribution < -0.4 is 5.32 Å². The number of aromatic nitrogens is 4. The van der Waals surface area contributed by atoms with Crippen LogP contribution >= 0.6 is 0 Å². The summed E-state index contributed by atoms with van der Waals surface area (Å²) in [6.45, 7) is 3.91. The highest BCUT2D eigenvalue weighted by atomic mass is 16.2. The second kappa shape index (κ2) is 7.07. The van der Waals surface area contributed by atoms with Gasteiger partial charge >= 0.3 is 0 Å². The lowest BCUT2D eigenvalue weighted by atomic mass is 9.96. The molecule has 0 aliphatic heterocycles. The van der Waals surface area contributed by atoms with E-state index in [0.29, 0.717) is 18.2 Å². The van der Waals surface area contributed by atoms with Crippen molar-refractivity contribution in [3.63, 3.8) is 0 Å². The molecule has 0 radical (unpaired) electrons. The third kappa shape index (κ3) is 3.33. The maximum Gasteiger partial charge on any atom is 0.233 e. The Balaban J connectivity index is 1.65. The van der Waals surface area contributed by atoms with E-state index in [1.165, 1.54) is 0 Å². The third-order valence-electron chi connectivity index (χ3n) is 4.59. The summed E-state index contributed by atoms with van der Waals surface area (Å²) in [5.41, 5.74) is 3.59. The first-order valence-corrected chi connectivity index (χ1v) is 9.03. The lowest BCUT2D eigenvalue weighted by Crippen LogP contribution is -2.22. The Morgan fingerprint density at radius 1 is 1.15 bits per heavy atom. The van der Waals surface area contributed by atoms with Crippen molar-refractivity contribution < 1.29 is 4.79 Å². The van der Waals surface area contributed by atoms with Crippen molar-refractivity contribution in [1.29, 1.82) is 0 Å². The van der Waals surface area contributed by atoms with Crippen LogP contribution in [0.3, 0.4) is 0 Å². The summed E-state index contributed by atoms with van der Waals surface area (Å²) in [6.07, 6.45) is 0.716. The van der Waals surface area contributed by atoms with E-state index in [1.54, 1.807) is 4.68 Å². The van der Waals surface area contributed by atoms with Crippen LogP contribution in [0.5, 0.6) is 0 Å². The fourth-order valence-corrected chi connectivity index (χ4v) is 3.26. The van der Waals surface area contributed by atoms with Gasteiger partial charge in [-0.3, -0.25) is 4.79 Å². The van der Waals surface area contributed by atoms with Crippen LogP contribution in [0.25, 0.3) is 17.0 Å². The van der Waals surface area contributed by atoms with Gasteiger partial charge in [0.1, 0.15) is 5.82 Å². The Hall–Kier alpha value is -3.41. The number of hydrogen-bond donors (Lipinski definition) is 2. The van der Waals surface area contributed by atoms with Gasteiger partial charge in [-0.1, -0.05) is 49.4 Å². The van der Waals surface area contributed by atoms with Gasteiger partial charge in [0.05, 0.1) is 22.6 Å². The summed E-state index contributed by atoms with van der Waals surface area (Å²) in [5.74, 6) is 0.907. The molecular weight excluding hydrogens is 338 g/mol. The van der Waals surface area contributed by atoms with Gasteiger partial charge in [0, 0.05) is 6.07 Å². The highest BCUT2D eigenvalue weighted by molar-refractivity contribution is 5.95. The Morgan fingerprint density at radius 3 is 2.63 bits per heavy atom. The van der Waals surface area contributed by atoms with Crippen molar-refractivity contribution in [2.45, 2.75) is 26.2 Å². The molecule has 6 heteroatoms. The predicted octanol–water partition coefficient (Wildman–Crippen LogP) is 4.19. The molecular formula is C21H21N5O. The molecule has 0 aliphatic rings. The SMILES string of the molecule is CCC(C(=O)Nc1cc(C)nn1-c1nc2ccccc2[nH]1)c1ccccc1. The molecule has 2 aromatic carbocycles. The molecule has 4 aromatic rings. The number of aryl methyl sites for hydroxylation is 1. The number of aromatic amines is 1. The largest absolute Gasteiger partial charge is 0.322 e. The molecule has 6 nitrogen and oxygen atoms in total. The van der Waals surface area contributed by atoms with Gasteiger partial charge < -0.3 is 10.3 Å². The van der Waals surface area contributed by atoms with Gasteiger partial charge in [-0.2, -0.15) is 9.78 Å². The van der Waals surface area contributed by atoms with Crippen LogP contribution in [0.15, 0.2) is 60.7 Å². The van der Waals surface area contributed by atoms with E-state index in [-0.39, 0.29) is 11.8 Å². The first-order valence-electron chi connectivity index (χ1n) is 9.03. The summed E-state index contributed by atoms with van der Waals surface area (Å²) in [4.78, 5) is 20.8. The second-order valence-corrected chi connectivity index (χ2v) is 6.52. The fourth-order valence-electron chi connectivity index (χ4n) is 3.26. The number of imidazole rings is 1. The number of carbonyl (C=O) groups excluding carboxylic acids is 1. The molecule has 1 atom stereocenters. The zero-order valence-electron chi connectivity index (χ0n) is 15.3. The Labute approximate surface area is 157 Å². The van der Waals surface area contributed by atoms with Crippen molar-refractivity contribution in [3.8, 4) is 5.95 Å². The summed E-state index contributed by atoms with van der Waals surface area (Å²) in [7, 11) is 0. The molecule has 4 rings (SSSR count). The van der Waals surface area contributed by atoms with E-state index >= 15 is 0 Å². The van der Waals surface area contributed by atoms with Crippen molar-refractivity contribution in [2.75, 3.05) is 5.32 Å². The maximum absolute atomic E-state index is 12.9. The monoisotopic (exact) mass is 359 g/mol. The number of rotatable bonds is 5. The highest BCUT2D eigenvalue weighted by Gasteiger charge is 2.21. The number of amides is 1. The van der Waals surface area contributed by atoms with Crippen LogP contribution in [0.4, 0.5) is 5.82 Å². The molecule has 2 heterocycles. The highest BCUT2D eigenvalue weighted by Crippen LogP contribution is 2.23. The normalized spacial score (nSPS) is 12.2. The number of nitrogens with one attached hydrogen (secondary N) is 2. The van der Waals surface area contributed by atoms with E-state index < -0.39 is 0 Å². The number of fused-ring (bicyclic) bond motifs is 1. The molecule has 0 bridgehead atoms. The molecule has 0 fully saturated rings. The predicted molar refractivity (Wildman–Crippen MR) is 106 cm³/mol. The number of benzene rings is 2. The molecule has 2 aromatic heterocycles. The van der Waals surface area contributed by atoms with Crippen LogP contribution in [-0.4, -0.2) is 25.7 Å². The van der Waals surface area contributed by atoms with Gasteiger partial charge in [-0.05, 0) is 31.0 Å². The Bertz CT molecular complexity index is 1050. The quantitative estimate of drug-likeness (QED) is 0.561. The molecule has 0 spiro atoms. The minimum atomic E-state index is -0.217. The second-order valence-electron chi connectivity index (χ2n) is 6.52. The molecule has 1 unspecified atom stereocenters. The molecule has 0 saturated carbocycles. The van der Waals surface area contributed by atoms with E-state index in [0.717, 1.165) is 22.3 Å². The van der Waals surface area contributed by atoms with Gasteiger partial charge in [-0.25, -0.2) is 4.98 Å². The minimum Gasteiger partial charge on any atom is -0.322 e.